The van der Waals surface area contributed by atoms with Crippen LogP contribution in [-0.4, -0.2) is 32.4 Å². The van der Waals surface area contributed by atoms with Crippen molar-refractivity contribution in [1.82, 2.24) is 5.43 Å². The average molecular weight is 356 g/mol. The Hall–Kier alpha value is -3.02. The van der Waals surface area contributed by atoms with E-state index >= 15 is 0 Å². The summed E-state index contributed by atoms with van der Waals surface area (Å²) < 4.78 is 16.3. The van der Waals surface area contributed by atoms with E-state index in [0.29, 0.717) is 23.9 Å². The van der Waals surface area contributed by atoms with Crippen LogP contribution >= 0.6 is 0 Å². The molecule has 0 aliphatic rings. The number of hydrogen-bond donors (Lipinski definition) is 1. The van der Waals surface area contributed by atoms with Crippen molar-refractivity contribution in [3.63, 3.8) is 0 Å². The summed E-state index contributed by atoms with van der Waals surface area (Å²) in [6.07, 6.45) is 2.45. The second-order valence-corrected chi connectivity index (χ2v) is 5.66. The Balaban J connectivity index is 1.87. The number of amides is 1. The van der Waals surface area contributed by atoms with Crippen LogP contribution in [-0.2, 0) is 4.79 Å². The zero-order valence-corrected chi connectivity index (χ0v) is 15.3. The van der Waals surface area contributed by atoms with Crippen molar-refractivity contribution in [3.05, 3.63) is 53.6 Å². The normalized spacial score (nSPS) is 10.6. The molecule has 6 nitrogen and oxygen atoms in total. The molecule has 138 valence electrons. The van der Waals surface area contributed by atoms with E-state index in [2.05, 4.69) is 10.5 Å². The van der Waals surface area contributed by atoms with Crippen molar-refractivity contribution in [2.45, 2.75) is 20.3 Å². The number of nitrogens with zero attached hydrogens (tertiary/aromatic N) is 1. The number of carbonyl (C=O) groups excluding carboxylic acids is 1. The molecule has 0 unspecified atom stereocenters. The van der Waals surface area contributed by atoms with E-state index < -0.39 is 0 Å². The molecule has 2 aromatic rings. The molecular formula is C20H24N2O4. The summed E-state index contributed by atoms with van der Waals surface area (Å²) >= 11 is 0. The van der Waals surface area contributed by atoms with Crippen molar-refractivity contribution >= 4 is 12.1 Å². The molecule has 0 atom stereocenters. The molecule has 0 aliphatic heterocycles. The lowest BCUT2D eigenvalue weighted by molar-refractivity contribution is -0.123. The van der Waals surface area contributed by atoms with Gasteiger partial charge in [0, 0.05) is 0 Å². The Kier molecular flexibility index (Phi) is 7.49. The molecule has 0 fully saturated rings. The van der Waals surface area contributed by atoms with E-state index in [-0.39, 0.29) is 12.5 Å². The van der Waals surface area contributed by atoms with Crippen LogP contribution in [0.3, 0.4) is 0 Å². The second kappa shape index (κ2) is 10.1. The van der Waals surface area contributed by atoms with E-state index in [1.165, 1.54) is 0 Å². The number of aryl methyl sites for hydroxylation is 1. The number of methoxy groups -OCH3 is 1. The van der Waals surface area contributed by atoms with Gasteiger partial charge in [0.1, 0.15) is 5.75 Å². The van der Waals surface area contributed by atoms with Gasteiger partial charge in [0.25, 0.3) is 5.91 Å². The maximum atomic E-state index is 11.8. The van der Waals surface area contributed by atoms with Gasteiger partial charge in [-0.05, 0) is 54.8 Å². The molecule has 0 radical (unpaired) electrons. The van der Waals surface area contributed by atoms with Crippen molar-refractivity contribution in [1.29, 1.82) is 0 Å². The highest BCUT2D eigenvalue weighted by atomic mass is 16.5. The zero-order chi connectivity index (χ0) is 18.8. The Labute approximate surface area is 153 Å². The number of carbonyl (C=O) groups is 1. The molecular weight excluding hydrogens is 332 g/mol. The van der Waals surface area contributed by atoms with Crippen LogP contribution in [0.2, 0.25) is 0 Å². The third-order valence-electron chi connectivity index (χ3n) is 3.41. The summed E-state index contributed by atoms with van der Waals surface area (Å²) in [7, 11) is 1.59. The lowest BCUT2D eigenvalue weighted by atomic mass is 10.2. The fraction of sp³-hybridized carbons (Fsp3) is 0.300. The van der Waals surface area contributed by atoms with Crippen LogP contribution in [0.1, 0.15) is 24.5 Å². The summed E-state index contributed by atoms with van der Waals surface area (Å²) in [5.74, 6) is 1.62. The molecule has 0 aromatic heterocycles. The highest BCUT2D eigenvalue weighted by molar-refractivity contribution is 5.83. The topological polar surface area (TPSA) is 69.2 Å². The van der Waals surface area contributed by atoms with Gasteiger partial charge in [0.05, 0.1) is 19.9 Å². The zero-order valence-electron chi connectivity index (χ0n) is 15.3. The first-order valence-corrected chi connectivity index (χ1v) is 8.44. The van der Waals surface area contributed by atoms with Crippen LogP contribution in [0.4, 0.5) is 0 Å². The van der Waals surface area contributed by atoms with E-state index in [1.807, 2.05) is 44.2 Å². The molecule has 1 amide bonds. The minimum absolute atomic E-state index is 0.103. The van der Waals surface area contributed by atoms with Crippen LogP contribution in [0.5, 0.6) is 17.2 Å². The number of nitrogens with one attached hydrogen (secondary N) is 1. The Bertz CT molecular complexity index is 759. The number of ether oxygens (including phenoxy) is 3. The predicted molar refractivity (Wildman–Crippen MR) is 101 cm³/mol. The van der Waals surface area contributed by atoms with Gasteiger partial charge in [-0.15, -0.1) is 0 Å². The lowest BCUT2D eigenvalue weighted by Crippen LogP contribution is -2.24. The first-order chi connectivity index (χ1) is 12.6. The highest BCUT2D eigenvalue weighted by Crippen LogP contribution is 2.27. The fourth-order valence-corrected chi connectivity index (χ4v) is 2.16. The molecule has 0 bridgehead atoms. The molecule has 6 heteroatoms. The van der Waals surface area contributed by atoms with Crippen LogP contribution in [0.15, 0.2) is 47.6 Å². The van der Waals surface area contributed by atoms with Gasteiger partial charge in [-0.3, -0.25) is 4.79 Å². The summed E-state index contributed by atoms with van der Waals surface area (Å²) in [5, 5.41) is 3.95. The lowest BCUT2D eigenvalue weighted by Gasteiger charge is -2.10. The average Bonchev–Trinajstić information content (AvgIpc) is 2.65. The SMILES string of the molecule is CCCOc1cc(/C=N\NC(=O)COc2cccc(C)c2)ccc1OC. The third-order valence-corrected chi connectivity index (χ3v) is 3.41. The quantitative estimate of drug-likeness (QED) is 0.553. The molecule has 0 aliphatic carbocycles. The predicted octanol–water partition coefficient (Wildman–Crippen LogP) is 3.32. The number of hydrazone groups is 1. The van der Waals surface area contributed by atoms with Crippen molar-refractivity contribution in [3.8, 4) is 17.2 Å². The number of rotatable bonds is 9. The maximum Gasteiger partial charge on any atom is 0.277 e. The van der Waals surface area contributed by atoms with Gasteiger partial charge >= 0.3 is 0 Å². The van der Waals surface area contributed by atoms with Gasteiger partial charge in [0.15, 0.2) is 18.1 Å². The number of benzene rings is 2. The van der Waals surface area contributed by atoms with Gasteiger partial charge in [-0.2, -0.15) is 5.10 Å². The Morgan fingerprint density at radius 3 is 2.73 bits per heavy atom. The van der Waals surface area contributed by atoms with Crippen molar-refractivity contribution < 1.29 is 19.0 Å². The van der Waals surface area contributed by atoms with Gasteiger partial charge < -0.3 is 14.2 Å². The molecule has 2 aromatic carbocycles. The summed E-state index contributed by atoms with van der Waals surface area (Å²) in [6.45, 7) is 4.50. The van der Waals surface area contributed by atoms with Crippen molar-refractivity contribution in [2.24, 2.45) is 5.10 Å². The molecule has 0 heterocycles. The molecule has 0 saturated carbocycles. The van der Waals surface area contributed by atoms with Gasteiger partial charge in [0.2, 0.25) is 0 Å². The molecule has 0 spiro atoms. The number of hydrogen-bond acceptors (Lipinski definition) is 5. The third kappa shape index (κ3) is 6.12. The molecule has 2 rings (SSSR count). The molecule has 0 saturated heterocycles. The van der Waals surface area contributed by atoms with E-state index in [1.54, 1.807) is 25.5 Å². The van der Waals surface area contributed by atoms with Crippen LogP contribution in [0, 0.1) is 6.92 Å². The van der Waals surface area contributed by atoms with Crippen LogP contribution in [0.25, 0.3) is 0 Å². The summed E-state index contributed by atoms with van der Waals surface area (Å²) in [5.41, 5.74) is 4.30. The van der Waals surface area contributed by atoms with E-state index in [9.17, 15) is 4.79 Å². The van der Waals surface area contributed by atoms with Gasteiger partial charge in [-0.25, -0.2) is 5.43 Å². The fourth-order valence-electron chi connectivity index (χ4n) is 2.16. The largest absolute Gasteiger partial charge is 0.493 e. The standard InChI is InChI=1S/C20H24N2O4/c1-4-10-25-19-12-16(8-9-18(19)24-3)13-21-22-20(23)14-26-17-7-5-6-15(2)11-17/h5-9,11-13H,4,10,14H2,1-3H3,(H,22,23)/b21-13-. The first-order valence-electron chi connectivity index (χ1n) is 8.44. The first kappa shape index (κ1) is 19.3. The summed E-state index contributed by atoms with van der Waals surface area (Å²) in [4.78, 5) is 11.8. The maximum absolute atomic E-state index is 11.8. The Morgan fingerprint density at radius 1 is 1.15 bits per heavy atom. The minimum Gasteiger partial charge on any atom is -0.493 e. The van der Waals surface area contributed by atoms with Gasteiger partial charge in [-0.1, -0.05) is 19.1 Å². The smallest absolute Gasteiger partial charge is 0.277 e. The minimum atomic E-state index is -0.335. The van der Waals surface area contributed by atoms with E-state index in [0.717, 1.165) is 17.5 Å². The van der Waals surface area contributed by atoms with Crippen molar-refractivity contribution in [2.75, 3.05) is 20.3 Å². The van der Waals surface area contributed by atoms with Crippen LogP contribution < -0.4 is 19.6 Å². The highest BCUT2D eigenvalue weighted by Gasteiger charge is 2.05. The Morgan fingerprint density at radius 2 is 2.00 bits per heavy atom. The monoisotopic (exact) mass is 356 g/mol. The second-order valence-electron chi connectivity index (χ2n) is 5.66. The molecule has 26 heavy (non-hydrogen) atoms. The molecule has 1 N–H and O–H groups in total. The van der Waals surface area contributed by atoms with E-state index in [4.69, 9.17) is 14.2 Å². The summed E-state index contributed by atoms with van der Waals surface area (Å²) in [6, 6.07) is 13.0.